The number of aromatic nitrogens is 6. The molecule has 36 heavy (non-hydrogen) atoms. The number of fused-ring (bicyclic) bond motifs is 4. The average Bonchev–Trinajstić information content (AvgIpc) is 3.57. The van der Waals surface area contributed by atoms with E-state index in [1.54, 1.807) is 36.1 Å². The molecule has 0 unspecified atom stereocenters. The van der Waals surface area contributed by atoms with Crippen molar-refractivity contribution in [3.8, 4) is 0 Å². The van der Waals surface area contributed by atoms with Crippen molar-refractivity contribution >= 4 is 61.5 Å². The monoisotopic (exact) mass is 521 g/mol. The van der Waals surface area contributed by atoms with E-state index >= 15 is 0 Å². The molecular weight excluding hydrogens is 501 g/mol. The Labute approximate surface area is 212 Å². The summed E-state index contributed by atoms with van der Waals surface area (Å²) in [6.07, 6.45) is 3.23. The third-order valence-electron chi connectivity index (χ3n) is 5.93. The van der Waals surface area contributed by atoms with Crippen molar-refractivity contribution in [2.45, 2.75) is 14.0 Å². The van der Waals surface area contributed by atoms with Gasteiger partial charge in [-0.3, -0.25) is 4.79 Å². The molecule has 0 spiro atoms. The Morgan fingerprint density at radius 2 is 1.89 bits per heavy atom. The van der Waals surface area contributed by atoms with Crippen molar-refractivity contribution < 1.29 is 9.09 Å². The lowest BCUT2D eigenvalue weighted by atomic mass is 10.1. The number of rotatable bonds is 5. The van der Waals surface area contributed by atoms with Gasteiger partial charge in [0.2, 0.25) is 0 Å². The number of halogens is 1. The first-order valence-electron chi connectivity index (χ1n) is 10.5. The van der Waals surface area contributed by atoms with E-state index in [0.717, 1.165) is 21.2 Å². The van der Waals surface area contributed by atoms with Crippen LogP contribution in [0, 0.1) is 0 Å². The zero-order valence-electron chi connectivity index (χ0n) is 18.2. The van der Waals surface area contributed by atoms with Crippen LogP contribution < -0.4 is 5.56 Å². The summed E-state index contributed by atoms with van der Waals surface area (Å²) in [4.78, 5) is 18.1. The van der Waals surface area contributed by atoms with E-state index in [0.29, 0.717) is 32.8 Å². The highest BCUT2D eigenvalue weighted by atomic mass is 32.2. The van der Waals surface area contributed by atoms with Gasteiger partial charge in [-0.1, -0.05) is 55.0 Å². The lowest BCUT2D eigenvalue weighted by Crippen LogP contribution is -2.24. The van der Waals surface area contributed by atoms with Crippen molar-refractivity contribution in [2.24, 2.45) is 12.2 Å². The lowest BCUT2D eigenvalue weighted by Gasteiger charge is -2.07. The minimum atomic E-state index is -0.264. The Morgan fingerprint density at radius 3 is 2.64 bits per heavy atom. The van der Waals surface area contributed by atoms with Crippen molar-refractivity contribution in [3.63, 3.8) is 0 Å². The van der Waals surface area contributed by atoms with Crippen molar-refractivity contribution in [3.05, 3.63) is 87.4 Å². The fourth-order valence-corrected chi connectivity index (χ4v) is 5.70. The van der Waals surface area contributed by atoms with Crippen LogP contribution in [0.4, 0.5) is 3.89 Å². The highest BCUT2D eigenvalue weighted by Gasteiger charge is 2.21. The molecular formula is C24H20FN7O2S2. The van der Waals surface area contributed by atoms with E-state index in [2.05, 4.69) is 20.3 Å². The second kappa shape index (κ2) is 9.21. The summed E-state index contributed by atoms with van der Waals surface area (Å²) in [5.41, 5.74) is 3.35. The minimum Gasteiger partial charge on any atom is -0.410 e. The number of hydrogen-bond donors (Lipinski definition) is 1. The summed E-state index contributed by atoms with van der Waals surface area (Å²) in [6.45, 7) is 0.210. The van der Waals surface area contributed by atoms with Gasteiger partial charge in [-0.25, -0.2) is 9.67 Å². The highest BCUT2D eigenvalue weighted by Crippen LogP contribution is 2.32. The number of nitrogens with zero attached hydrogens (tertiary/aromatic N) is 7. The normalized spacial score (nSPS) is 12.0. The van der Waals surface area contributed by atoms with Crippen LogP contribution >= 0.6 is 23.7 Å². The Kier molecular flexibility index (Phi) is 6.06. The SMILES string of the molecule is C.Cn1c2nc(/C(=N\O)c3ccccc3)sc2c2cnn(Cc3cccc4c3cnn4SF)c(=O)c21. The molecule has 0 aliphatic heterocycles. The second-order valence-electron chi connectivity index (χ2n) is 7.85. The first kappa shape index (κ1) is 23.7. The molecule has 4 aromatic heterocycles. The molecule has 182 valence electrons. The van der Waals surface area contributed by atoms with Gasteiger partial charge in [-0.05, 0) is 11.6 Å². The molecule has 12 heteroatoms. The molecule has 4 heterocycles. The molecule has 6 aromatic rings. The number of thiazole rings is 1. The number of aryl methyl sites for hydroxylation is 1. The molecule has 9 nitrogen and oxygen atoms in total. The third kappa shape index (κ3) is 3.57. The predicted molar refractivity (Wildman–Crippen MR) is 142 cm³/mol. The van der Waals surface area contributed by atoms with Crippen LogP contribution in [0.1, 0.15) is 23.6 Å². The van der Waals surface area contributed by atoms with Crippen LogP contribution in [-0.4, -0.2) is 39.4 Å². The first-order valence-corrected chi connectivity index (χ1v) is 12.0. The lowest BCUT2D eigenvalue weighted by molar-refractivity contribution is 0.319. The van der Waals surface area contributed by atoms with Crippen LogP contribution in [0.2, 0.25) is 0 Å². The van der Waals surface area contributed by atoms with E-state index in [4.69, 9.17) is 0 Å². The Bertz CT molecular complexity index is 1820. The maximum atomic E-state index is 13.4. The Balaban J connectivity index is 0.00000267. The molecule has 0 fully saturated rings. The van der Waals surface area contributed by atoms with Gasteiger partial charge in [0.1, 0.15) is 16.2 Å². The minimum absolute atomic E-state index is 0. The molecule has 0 saturated heterocycles. The van der Waals surface area contributed by atoms with Crippen LogP contribution in [0.25, 0.3) is 32.2 Å². The maximum absolute atomic E-state index is 13.4. The molecule has 1 N–H and O–H groups in total. The predicted octanol–water partition coefficient (Wildman–Crippen LogP) is 4.99. The summed E-state index contributed by atoms with van der Waals surface area (Å²) in [5, 5.41) is 23.5. The Hall–Kier alpha value is -4.03. The van der Waals surface area contributed by atoms with E-state index in [-0.39, 0.29) is 31.9 Å². The van der Waals surface area contributed by atoms with Gasteiger partial charge in [-0.15, -0.1) is 15.2 Å². The van der Waals surface area contributed by atoms with Crippen molar-refractivity contribution in [1.29, 1.82) is 0 Å². The Morgan fingerprint density at radius 1 is 1.11 bits per heavy atom. The van der Waals surface area contributed by atoms with Gasteiger partial charge in [0.25, 0.3) is 5.56 Å². The molecule has 0 atom stereocenters. The zero-order valence-corrected chi connectivity index (χ0v) is 19.8. The smallest absolute Gasteiger partial charge is 0.291 e. The van der Waals surface area contributed by atoms with Gasteiger partial charge in [0.05, 0.1) is 29.2 Å². The zero-order chi connectivity index (χ0) is 24.1. The molecule has 6 rings (SSSR count). The summed E-state index contributed by atoms with van der Waals surface area (Å²) in [6, 6.07) is 14.7. The van der Waals surface area contributed by atoms with Gasteiger partial charge in [-0.2, -0.15) is 14.3 Å². The quantitative estimate of drug-likeness (QED) is 0.195. The highest BCUT2D eigenvalue weighted by molar-refractivity contribution is 7.92. The van der Waals surface area contributed by atoms with Crippen LogP contribution in [0.5, 0.6) is 0 Å². The second-order valence-corrected chi connectivity index (χ2v) is 9.33. The number of hydrogen-bond acceptors (Lipinski definition) is 8. The first-order chi connectivity index (χ1) is 17.1. The van der Waals surface area contributed by atoms with Gasteiger partial charge >= 0.3 is 0 Å². The standard InChI is InChI=1S/C23H16FN7O2S2.CH4/c1-29-19-16(20-21(29)27-22(34-20)18(28-33)13-6-3-2-4-7-13)11-25-30(23(19)32)12-14-8-5-9-17-15(14)10-26-31(17)35-24;/h2-11,33H,12H2,1H3;1H4/b28-18-;. The van der Waals surface area contributed by atoms with Crippen LogP contribution in [-0.2, 0) is 13.6 Å². The molecule has 0 aliphatic rings. The molecule has 0 bridgehead atoms. The fraction of sp³-hybridized carbons (Fsp3) is 0.125. The maximum Gasteiger partial charge on any atom is 0.291 e. The van der Waals surface area contributed by atoms with E-state index in [1.807, 2.05) is 36.4 Å². The number of oxime groups is 1. The van der Waals surface area contributed by atoms with Gasteiger partial charge < -0.3 is 9.77 Å². The number of benzene rings is 2. The van der Waals surface area contributed by atoms with Gasteiger partial charge in [0, 0.05) is 23.4 Å². The molecule has 0 amide bonds. The van der Waals surface area contributed by atoms with E-state index in [9.17, 15) is 13.9 Å². The van der Waals surface area contributed by atoms with Crippen LogP contribution in [0.3, 0.4) is 0 Å². The van der Waals surface area contributed by atoms with E-state index in [1.165, 1.54) is 20.1 Å². The molecule has 0 aliphatic carbocycles. The summed E-state index contributed by atoms with van der Waals surface area (Å²) >= 11 is 1.36. The summed E-state index contributed by atoms with van der Waals surface area (Å²) in [7, 11) is 1.78. The van der Waals surface area contributed by atoms with Crippen LogP contribution in [0.15, 0.2) is 70.9 Å². The van der Waals surface area contributed by atoms with Gasteiger partial charge in [0.15, 0.2) is 18.0 Å². The molecule has 0 saturated carbocycles. The summed E-state index contributed by atoms with van der Waals surface area (Å²) in [5.74, 6) is 0. The third-order valence-corrected chi connectivity index (χ3v) is 7.44. The van der Waals surface area contributed by atoms with Crippen molar-refractivity contribution in [1.82, 2.24) is 28.5 Å². The topological polar surface area (TPSA) is 103 Å². The van der Waals surface area contributed by atoms with Crippen molar-refractivity contribution in [2.75, 3.05) is 0 Å². The van der Waals surface area contributed by atoms with E-state index < -0.39 is 0 Å². The molecule has 0 radical (unpaired) electrons. The summed E-state index contributed by atoms with van der Waals surface area (Å²) < 4.78 is 18.2. The largest absolute Gasteiger partial charge is 0.410 e. The fourth-order valence-electron chi connectivity index (χ4n) is 4.27. The molecule has 2 aromatic carbocycles. The average molecular weight is 522 g/mol.